The van der Waals surface area contributed by atoms with E-state index in [4.69, 9.17) is 10.8 Å². The van der Waals surface area contributed by atoms with E-state index in [1.165, 1.54) is 30.4 Å². The summed E-state index contributed by atoms with van der Waals surface area (Å²) >= 11 is 3.59. The van der Waals surface area contributed by atoms with Crippen molar-refractivity contribution in [3.05, 3.63) is 27.7 Å². The lowest BCUT2D eigenvalue weighted by Gasteiger charge is -2.20. The first kappa shape index (κ1) is 15.3. The molecule has 0 aromatic heterocycles. The third-order valence-corrected chi connectivity index (χ3v) is 4.32. The van der Waals surface area contributed by atoms with Gasteiger partial charge in [0.25, 0.3) is 0 Å². The molecule has 0 radical (unpaired) electrons. The van der Waals surface area contributed by atoms with E-state index in [2.05, 4.69) is 52.7 Å². The molecular weight excluding hydrogens is 316 g/mol. The molecule has 0 unspecified atom stereocenters. The predicted molar refractivity (Wildman–Crippen MR) is 88.9 cm³/mol. The molecule has 0 saturated heterocycles. The number of anilines is 1. The van der Waals surface area contributed by atoms with Gasteiger partial charge in [-0.25, -0.2) is 10.8 Å². The largest absolute Gasteiger partial charge is 0.324 e. The number of nitrogens with two attached hydrogens (primary N) is 1. The highest BCUT2D eigenvalue weighted by atomic mass is 79.9. The summed E-state index contributed by atoms with van der Waals surface area (Å²) in [4.78, 5) is 4.70. The zero-order chi connectivity index (χ0) is 14.5. The second kappa shape index (κ2) is 7.09. The lowest BCUT2D eigenvalue weighted by molar-refractivity contribution is 0.442. The van der Waals surface area contributed by atoms with Gasteiger partial charge in [-0.1, -0.05) is 25.3 Å². The van der Waals surface area contributed by atoms with E-state index in [1.54, 1.807) is 0 Å². The van der Waals surface area contributed by atoms with E-state index in [1.807, 2.05) is 0 Å². The molecule has 1 aliphatic rings. The van der Waals surface area contributed by atoms with Gasteiger partial charge in [-0.05, 0) is 59.8 Å². The SMILES string of the molecule is Cc1cc(C)c(NC(=NC2CCCCC2)NN)c(Br)c1. The van der Waals surface area contributed by atoms with Crippen molar-refractivity contribution in [1.29, 1.82) is 0 Å². The van der Waals surface area contributed by atoms with Crippen LogP contribution in [0.1, 0.15) is 43.2 Å². The van der Waals surface area contributed by atoms with Crippen LogP contribution in [0.4, 0.5) is 5.69 Å². The fraction of sp³-hybridized carbons (Fsp3) is 0.533. The summed E-state index contributed by atoms with van der Waals surface area (Å²) in [7, 11) is 0. The molecule has 1 fully saturated rings. The Morgan fingerprint density at radius 2 is 1.95 bits per heavy atom. The summed E-state index contributed by atoms with van der Waals surface area (Å²) in [5, 5.41) is 3.31. The first-order valence-electron chi connectivity index (χ1n) is 7.18. The Morgan fingerprint density at radius 1 is 1.25 bits per heavy atom. The lowest BCUT2D eigenvalue weighted by atomic mass is 9.96. The molecule has 0 spiro atoms. The van der Waals surface area contributed by atoms with Crippen LogP contribution in [0, 0.1) is 13.8 Å². The number of benzene rings is 1. The molecule has 4 nitrogen and oxygen atoms in total. The van der Waals surface area contributed by atoms with Crippen LogP contribution >= 0.6 is 15.9 Å². The number of rotatable bonds is 2. The highest BCUT2D eigenvalue weighted by molar-refractivity contribution is 9.10. The summed E-state index contributed by atoms with van der Waals surface area (Å²) < 4.78 is 1.03. The average Bonchev–Trinajstić information content (AvgIpc) is 2.42. The number of nitrogens with one attached hydrogen (secondary N) is 2. The first-order valence-corrected chi connectivity index (χ1v) is 7.97. The lowest BCUT2D eigenvalue weighted by Crippen LogP contribution is -2.37. The number of guanidine groups is 1. The minimum absolute atomic E-state index is 0.381. The van der Waals surface area contributed by atoms with Gasteiger partial charge in [-0.15, -0.1) is 0 Å². The topological polar surface area (TPSA) is 62.4 Å². The molecule has 1 aliphatic carbocycles. The maximum absolute atomic E-state index is 5.61. The normalized spacial score (nSPS) is 17.1. The number of aryl methyl sites for hydroxylation is 2. The molecule has 0 bridgehead atoms. The van der Waals surface area contributed by atoms with Gasteiger partial charge in [-0.3, -0.25) is 5.43 Å². The van der Waals surface area contributed by atoms with Crippen molar-refractivity contribution in [1.82, 2.24) is 5.43 Å². The van der Waals surface area contributed by atoms with Crippen molar-refractivity contribution in [2.75, 3.05) is 5.32 Å². The average molecular weight is 339 g/mol. The molecule has 5 heteroatoms. The number of hydrogen-bond acceptors (Lipinski definition) is 2. The van der Waals surface area contributed by atoms with E-state index in [9.17, 15) is 0 Å². The standard InChI is InChI=1S/C15H23BrN4/c1-10-8-11(2)14(13(16)9-10)19-15(20-17)18-12-6-4-3-5-7-12/h8-9,12H,3-7,17H2,1-2H3,(H2,18,19,20). The number of nitrogens with zero attached hydrogens (tertiary/aromatic N) is 1. The van der Waals surface area contributed by atoms with Crippen molar-refractivity contribution in [3.8, 4) is 0 Å². The summed E-state index contributed by atoms with van der Waals surface area (Å²) in [6, 6.07) is 4.61. The van der Waals surface area contributed by atoms with Gasteiger partial charge in [0.15, 0.2) is 0 Å². The Morgan fingerprint density at radius 3 is 2.55 bits per heavy atom. The maximum Gasteiger partial charge on any atom is 0.210 e. The molecular formula is C15H23BrN4. The maximum atomic E-state index is 5.61. The second-order valence-electron chi connectivity index (χ2n) is 5.48. The van der Waals surface area contributed by atoms with Crippen molar-refractivity contribution >= 4 is 27.6 Å². The minimum atomic E-state index is 0.381. The molecule has 110 valence electrons. The quantitative estimate of drug-likeness (QED) is 0.334. The predicted octanol–water partition coefficient (Wildman–Crippen LogP) is 3.63. The molecule has 1 aromatic rings. The smallest absolute Gasteiger partial charge is 0.210 e. The highest BCUT2D eigenvalue weighted by Gasteiger charge is 2.14. The van der Waals surface area contributed by atoms with Gasteiger partial charge in [-0.2, -0.15) is 0 Å². The highest BCUT2D eigenvalue weighted by Crippen LogP contribution is 2.28. The van der Waals surface area contributed by atoms with Crippen molar-refractivity contribution in [3.63, 3.8) is 0 Å². The number of hydrogen-bond donors (Lipinski definition) is 3. The molecule has 0 amide bonds. The zero-order valence-electron chi connectivity index (χ0n) is 12.2. The van der Waals surface area contributed by atoms with Crippen LogP contribution < -0.4 is 16.6 Å². The minimum Gasteiger partial charge on any atom is -0.324 e. The van der Waals surface area contributed by atoms with E-state index in [-0.39, 0.29) is 0 Å². The van der Waals surface area contributed by atoms with E-state index in [0.717, 1.165) is 23.0 Å². The summed E-state index contributed by atoms with van der Waals surface area (Å²) in [5.41, 5.74) is 6.10. The number of halogens is 1. The Labute approximate surface area is 129 Å². The Kier molecular flexibility index (Phi) is 5.43. The van der Waals surface area contributed by atoms with Crippen LogP contribution in [0.3, 0.4) is 0 Å². The van der Waals surface area contributed by atoms with Crippen LogP contribution in [-0.4, -0.2) is 12.0 Å². The van der Waals surface area contributed by atoms with Crippen LogP contribution in [0.25, 0.3) is 0 Å². The molecule has 1 aromatic carbocycles. The van der Waals surface area contributed by atoms with Crippen LogP contribution in [0.15, 0.2) is 21.6 Å². The third-order valence-electron chi connectivity index (χ3n) is 3.70. The monoisotopic (exact) mass is 338 g/mol. The Balaban J connectivity index is 2.15. The molecule has 4 N–H and O–H groups in total. The molecule has 2 rings (SSSR count). The molecule has 20 heavy (non-hydrogen) atoms. The van der Waals surface area contributed by atoms with Crippen LogP contribution in [0.2, 0.25) is 0 Å². The molecule has 0 heterocycles. The van der Waals surface area contributed by atoms with Gasteiger partial charge in [0.1, 0.15) is 0 Å². The van der Waals surface area contributed by atoms with Gasteiger partial charge in [0.05, 0.1) is 11.7 Å². The van der Waals surface area contributed by atoms with E-state index < -0.39 is 0 Å². The van der Waals surface area contributed by atoms with Crippen molar-refractivity contribution in [2.45, 2.75) is 52.0 Å². The van der Waals surface area contributed by atoms with Gasteiger partial charge in [0.2, 0.25) is 5.96 Å². The van der Waals surface area contributed by atoms with Gasteiger partial charge >= 0.3 is 0 Å². The second-order valence-corrected chi connectivity index (χ2v) is 6.33. The Bertz CT molecular complexity index is 470. The summed E-state index contributed by atoms with van der Waals surface area (Å²) in [6.45, 7) is 4.16. The first-order chi connectivity index (χ1) is 9.60. The number of aliphatic imine (C=N–C) groups is 1. The molecule has 0 atom stereocenters. The van der Waals surface area contributed by atoms with Gasteiger partial charge in [0, 0.05) is 4.47 Å². The summed E-state index contributed by atoms with van der Waals surface area (Å²) in [5.74, 6) is 6.25. The fourth-order valence-electron chi connectivity index (χ4n) is 2.69. The van der Waals surface area contributed by atoms with E-state index >= 15 is 0 Å². The number of hydrazine groups is 1. The van der Waals surface area contributed by atoms with Crippen LogP contribution in [0.5, 0.6) is 0 Å². The Hall–Kier alpha value is -1.07. The fourth-order valence-corrected chi connectivity index (χ4v) is 3.46. The zero-order valence-corrected chi connectivity index (χ0v) is 13.8. The van der Waals surface area contributed by atoms with Gasteiger partial charge < -0.3 is 5.32 Å². The molecule has 0 aliphatic heterocycles. The van der Waals surface area contributed by atoms with Crippen LogP contribution in [-0.2, 0) is 0 Å². The third kappa shape index (κ3) is 3.96. The molecule has 1 saturated carbocycles. The summed E-state index contributed by atoms with van der Waals surface area (Å²) in [6.07, 6.45) is 6.16. The van der Waals surface area contributed by atoms with Crippen molar-refractivity contribution < 1.29 is 0 Å². The van der Waals surface area contributed by atoms with Crippen molar-refractivity contribution in [2.24, 2.45) is 10.8 Å². The van der Waals surface area contributed by atoms with E-state index in [0.29, 0.717) is 12.0 Å².